The van der Waals surface area contributed by atoms with Crippen LogP contribution in [0.25, 0.3) is 5.69 Å². The molecule has 0 radical (unpaired) electrons. The predicted octanol–water partition coefficient (Wildman–Crippen LogP) is 3.24. The Labute approximate surface area is 108 Å². The zero-order chi connectivity index (χ0) is 13.3. The first kappa shape index (κ1) is 12.8. The molecule has 3 heteroatoms. The zero-order valence-electron chi connectivity index (χ0n) is 11.4. The van der Waals surface area contributed by atoms with Crippen LogP contribution in [0.2, 0.25) is 0 Å². The quantitative estimate of drug-likeness (QED) is 0.900. The van der Waals surface area contributed by atoms with Crippen LogP contribution in [-0.2, 0) is 0 Å². The summed E-state index contributed by atoms with van der Waals surface area (Å²) < 4.78 is 1.95. The minimum atomic E-state index is -0.374. The molecule has 2 rings (SSSR count). The van der Waals surface area contributed by atoms with E-state index in [1.54, 1.807) is 0 Å². The fourth-order valence-electron chi connectivity index (χ4n) is 2.05. The molecular weight excluding hydrogens is 224 g/mol. The lowest BCUT2D eigenvalue weighted by atomic mass is 10.1. The van der Waals surface area contributed by atoms with Gasteiger partial charge in [0.25, 0.3) is 0 Å². The molecule has 3 nitrogen and oxygen atoms in total. The van der Waals surface area contributed by atoms with E-state index in [0.29, 0.717) is 0 Å². The van der Waals surface area contributed by atoms with E-state index < -0.39 is 0 Å². The summed E-state index contributed by atoms with van der Waals surface area (Å²) in [6.45, 7) is 8.16. The first-order valence-corrected chi connectivity index (χ1v) is 6.35. The van der Waals surface area contributed by atoms with Crippen LogP contribution in [-0.4, -0.2) is 14.9 Å². The molecule has 2 aromatic rings. The summed E-state index contributed by atoms with van der Waals surface area (Å²) in [5.74, 6) is 0. The van der Waals surface area contributed by atoms with E-state index in [1.807, 2.05) is 42.8 Å². The van der Waals surface area contributed by atoms with Gasteiger partial charge in [0, 0.05) is 5.69 Å². The van der Waals surface area contributed by atoms with Crippen molar-refractivity contribution in [3.05, 3.63) is 46.8 Å². The van der Waals surface area contributed by atoms with Gasteiger partial charge in [0.1, 0.15) is 0 Å². The van der Waals surface area contributed by atoms with Gasteiger partial charge in [-0.05, 0) is 50.5 Å². The van der Waals surface area contributed by atoms with Crippen molar-refractivity contribution in [3.8, 4) is 5.69 Å². The lowest BCUT2D eigenvalue weighted by Crippen LogP contribution is -2.01. The zero-order valence-corrected chi connectivity index (χ0v) is 11.4. The van der Waals surface area contributed by atoms with E-state index in [9.17, 15) is 5.11 Å². The number of aromatic nitrogens is 2. The number of aliphatic hydroxyl groups is 1. The fourth-order valence-corrected chi connectivity index (χ4v) is 2.05. The molecule has 1 N–H and O–H groups in total. The molecule has 1 unspecified atom stereocenters. The standard InChI is InChI=1S/C15H20N2O/c1-5-15(18)13-6-8-14(9-7-13)17-12(4)10(2)11(3)16-17/h6-9,15,18H,5H2,1-4H3. The third-order valence-electron chi connectivity index (χ3n) is 3.56. The van der Waals surface area contributed by atoms with Crippen LogP contribution in [0, 0.1) is 20.8 Å². The molecule has 0 amide bonds. The Kier molecular flexibility index (Phi) is 3.53. The second-order valence-corrected chi connectivity index (χ2v) is 4.72. The normalized spacial score (nSPS) is 12.7. The van der Waals surface area contributed by atoms with Crippen LogP contribution < -0.4 is 0 Å². The van der Waals surface area contributed by atoms with E-state index in [2.05, 4.69) is 18.9 Å². The summed E-state index contributed by atoms with van der Waals surface area (Å²) in [6, 6.07) is 7.95. The third-order valence-corrected chi connectivity index (χ3v) is 3.56. The smallest absolute Gasteiger partial charge is 0.0787 e. The van der Waals surface area contributed by atoms with E-state index in [0.717, 1.165) is 29.1 Å². The Morgan fingerprint density at radius 1 is 1.17 bits per heavy atom. The topological polar surface area (TPSA) is 38.0 Å². The molecule has 18 heavy (non-hydrogen) atoms. The van der Waals surface area contributed by atoms with Gasteiger partial charge >= 0.3 is 0 Å². The summed E-state index contributed by atoms with van der Waals surface area (Å²) in [5, 5.41) is 14.3. The van der Waals surface area contributed by atoms with Crippen molar-refractivity contribution < 1.29 is 5.11 Å². The Morgan fingerprint density at radius 2 is 1.78 bits per heavy atom. The summed E-state index contributed by atoms with van der Waals surface area (Å²) in [7, 11) is 0. The number of hydrogen-bond donors (Lipinski definition) is 1. The third kappa shape index (κ3) is 2.18. The molecule has 0 saturated heterocycles. The Balaban J connectivity index is 2.37. The van der Waals surface area contributed by atoms with Crippen LogP contribution in [0.15, 0.2) is 24.3 Å². The van der Waals surface area contributed by atoms with Gasteiger partial charge < -0.3 is 5.11 Å². The van der Waals surface area contributed by atoms with E-state index in [-0.39, 0.29) is 6.10 Å². The SMILES string of the molecule is CCC(O)c1ccc(-n2nc(C)c(C)c2C)cc1. The Hall–Kier alpha value is -1.61. The van der Waals surface area contributed by atoms with Gasteiger partial charge in [0.15, 0.2) is 0 Å². The summed E-state index contributed by atoms with van der Waals surface area (Å²) in [5.41, 5.74) is 5.45. The van der Waals surface area contributed by atoms with E-state index >= 15 is 0 Å². The summed E-state index contributed by atoms with van der Waals surface area (Å²) in [6.07, 6.45) is 0.361. The maximum Gasteiger partial charge on any atom is 0.0787 e. The van der Waals surface area contributed by atoms with Gasteiger partial charge in [-0.15, -0.1) is 0 Å². The highest BCUT2D eigenvalue weighted by Gasteiger charge is 2.10. The largest absolute Gasteiger partial charge is 0.388 e. The first-order chi connectivity index (χ1) is 8.54. The number of nitrogens with zero attached hydrogens (tertiary/aromatic N) is 2. The molecule has 0 saturated carbocycles. The van der Waals surface area contributed by atoms with E-state index in [4.69, 9.17) is 0 Å². The maximum atomic E-state index is 9.77. The van der Waals surface area contributed by atoms with Crippen LogP contribution in [0.5, 0.6) is 0 Å². The molecule has 0 bridgehead atoms. The van der Waals surface area contributed by atoms with Gasteiger partial charge in [-0.1, -0.05) is 19.1 Å². The van der Waals surface area contributed by atoms with Gasteiger partial charge in [-0.25, -0.2) is 4.68 Å². The fraction of sp³-hybridized carbons (Fsp3) is 0.400. The van der Waals surface area contributed by atoms with Crippen molar-refractivity contribution in [3.63, 3.8) is 0 Å². The van der Waals surface area contributed by atoms with Crippen molar-refractivity contribution in [2.45, 2.75) is 40.2 Å². The molecule has 0 aliphatic carbocycles. The van der Waals surface area contributed by atoms with Gasteiger partial charge in [0.2, 0.25) is 0 Å². The molecule has 0 fully saturated rings. The second kappa shape index (κ2) is 4.94. The molecule has 0 spiro atoms. The number of aryl methyl sites for hydroxylation is 1. The molecule has 1 aromatic carbocycles. The molecule has 0 aliphatic heterocycles. The lowest BCUT2D eigenvalue weighted by Gasteiger charge is -2.10. The predicted molar refractivity (Wildman–Crippen MR) is 73.0 cm³/mol. The van der Waals surface area contributed by atoms with Gasteiger partial charge in [-0.3, -0.25) is 0 Å². The molecule has 1 heterocycles. The average Bonchev–Trinajstić information content (AvgIpc) is 2.66. The highest BCUT2D eigenvalue weighted by molar-refractivity contribution is 5.38. The van der Waals surface area contributed by atoms with Crippen molar-refractivity contribution in [2.24, 2.45) is 0 Å². The minimum absolute atomic E-state index is 0.374. The van der Waals surface area contributed by atoms with Crippen molar-refractivity contribution >= 4 is 0 Å². The van der Waals surface area contributed by atoms with Crippen molar-refractivity contribution in [2.75, 3.05) is 0 Å². The average molecular weight is 244 g/mol. The van der Waals surface area contributed by atoms with Crippen LogP contribution >= 0.6 is 0 Å². The van der Waals surface area contributed by atoms with Crippen LogP contribution in [0.1, 0.15) is 42.0 Å². The maximum absolute atomic E-state index is 9.77. The van der Waals surface area contributed by atoms with Crippen LogP contribution in [0.3, 0.4) is 0 Å². The van der Waals surface area contributed by atoms with E-state index in [1.165, 1.54) is 5.56 Å². The number of rotatable bonds is 3. The molecule has 96 valence electrons. The van der Waals surface area contributed by atoms with Crippen molar-refractivity contribution in [1.29, 1.82) is 0 Å². The second-order valence-electron chi connectivity index (χ2n) is 4.72. The summed E-state index contributed by atoms with van der Waals surface area (Å²) in [4.78, 5) is 0. The highest BCUT2D eigenvalue weighted by Crippen LogP contribution is 2.20. The molecule has 1 aromatic heterocycles. The number of benzene rings is 1. The lowest BCUT2D eigenvalue weighted by molar-refractivity contribution is 0.173. The minimum Gasteiger partial charge on any atom is -0.388 e. The van der Waals surface area contributed by atoms with Gasteiger partial charge in [0.05, 0.1) is 17.5 Å². The summed E-state index contributed by atoms with van der Waals surface area (Å²) >= 11 is 0. The monoisotopic (exact) mass is 244 g/mol. The molecular formula is C15H20N2O. The van der Waals surface area contributed by atoms with Gasteiger partial charge in [-0.2, -0.15) is 5.10 Å². The van der Waals surface area contributed by atoms with Crippen LogP contribution in [0.4, 0.5) is 0 Å². The Morgan fingerprint density at radius 3 is 2.22 bits per heavy atom. The number of hydrogen-bond acceptors (Lipinski definition) is 2. The Bertz CT molecular complexity index is 540. The molecule has 1 atom stereocenters. The first-order valence-electron chi connectivity index (χ1n) is 6.35. The molecule has 0 aliphatic rings. The number of aliphatic hydroxyl groups excluding tert-OH is 1. The highest BCUT2D eigenvalue weighted by atomic mass is 16.3. The van der Waals surface area contributed by atoms with Crippen molar-refractivity contribution in [1.82, 2.24) is 9.78 Å².